The summed E-state index contributed by atoms with van der Waals surface area (Å²) in [5, 5.41) is 11.6. The highest BCUT2D eigenvalue weighted by Crippen LogP contribution is 2.31. The lowest BCUT2D eigenvalue weighted by molar-refractivity contribution is -0.137. The average molecular weight is 432 g/mol. The Morgan fingerprint density at radius 1 is 1.19 bits per heavy atom. The van der Waals surface area contributed by atoms with E-state index in [1.165, 1.54) is 16.9 Å². The van der Waals surface area contributed by atoms with Crippen molar-refractivity contribution >= 4 is 5.91 Å². The summed E-state index contributed by atoms with van der Waals surface area (Å²) < 4.78 is 41.8. The molecular weight excluding hydrogens is 409 g/mol. The van der Waals surface area contributed by atoms with E-state index in [4.69, 9.17) is 0 Å². The molecule has 3 aromatic rings. The molecule has 1 unspecified atom stereocenters. The first kappa shape index (κ1) is 21.1. The maximum absolute atomic E-state index is 13.1. The molecule has 1 amide bonds. The monoisotopic (exact) mass is 432 g/mol. The maximum Gasteiger partial charge on any atom is 0.417 e. The van der Waals surface area contributed by atoms with Crippen LogP contribution >= 0.6 is 0 Å². The number of fused-ring (bicyclic) bond motifs is 1. The van der Waals surface area contributed by atoms with Crippen LogP contribution in [0.25, 0.3) is 5.82 Å². The number of amides is 1. The molecule has 1 atom stereocenters. The number of nitrogens with zero attached hydrogens (tertiary/aromatic N) is 5. The van der Waals surface area contributed by atoms with Crippen molar-refractivity contribution in [2.24, 2.45) is 7.05 Å². The number of hydrogen-bond donors (Lipinski definition) is 1. The first-order valence-electron chi connectivity index (χ1n) is 10.1. The van der Waals surface area contributed by atoms with Crippen LogP contribution in [-0.4, -0.2) is 30.5 Å². The van der Waals surface area contributed by atoms with E-state index in [1.54, 1.807) is 6.20 Å². The number of hydrogen-bond acceptors (Lipinski definition) is 4. The number of aromatic nitrogens is 5. The van der Waals surface area contributed by atoms with Gasteiger partial charge in [0.2, 0.25) is 0 Å². The Hall–Kier alpha value is -3.17. The van der Waals surface area contributed by atoms with E-state index in [2.05, 4.69) is 20.5 Å². The number of rotatable bonds is 4. The summed E-state index contributed by atoms with van der Waals surface area (Å²) >= 11 is 0. The van der Waals surface area contributed by atoms with Gasteiger partial charge in [-0.1, -0.05) is 13.8 Å². The van der Waals surface area contributed by atoms with Crippen LogP contribution in [0.3, 0.4) is 0 Å². The molecule has 1 aliphatic rings. The number of alkyl halides is 3. The van der Waals surface area contributed by atoms with Crippen molar-refractivity contribution in [3.05, 3.63) is 58.8 Å². The fraction of sp³-hybridized carbons (Fsp3) is 0.429. The van der Waals surface area contributed by atoms with E-state index in [-0.39, 0.29) is 23.7 Å². The summed E-state index contributed by atoms with van der Waals surface area (Å²) in [6.07, 6.45) is 2.22. The van der Waals surface area contributed by atoms with E-state index in [0.717, 1.165) is 42.8 Å². The van der Waals surface area contributed by atoms with Crippen molar-refractivity contribution < 1.29 is 18.0 Å². The van der Waals surface area contributed by atoms with E-state index >= 15 is 0 Å². The van der Waals surface area contributed by atoms with Crippen LogP contribution < -0.4 is 5.32 Å². The molecule has 1 aliphatic carbocycles. The zero-order valence-electron chi connectivity index (χ0n) is 17.4. The van der Waals surface area contributed by atoms with Gasteiger partial charge in [-0.25, -0.2) is 9.67 Å². The van der Waals surface area contributed by atoms with Gasteiger partial charge in [0, 0.05) is 24.5 Å². The minimum absolute atomic E-state index is 0.104. The van der Waals surface area contributed by atoms with Crippen molar-refractivity contribution in [3.63, 3.8) is 0 Å². The van der Waals surface area contributed by atoms with Gasteiger partial charge in [-0.05, 0) is 37.3 Å². The molecule has 0 saturated heterocycles. The molecule has 0 fully saturated rings. The van der Waals surface area contributed by atoms with Crippen LogP contribution in [0.1, 0.15) is 71.5 Å². The lowest BCUT2D eigenvalue weighted by Crippen LogP contribution is -2.31. The van der Waals surface area contributed by atoms with Gasteiger partial charge < -0.3 is 5.32 Å². The topological polar surface area (TPSA) is 77.6 Å². The molecule has 3 aromatic heterocycles. The summed E-state index contributed by atoms with van der Waals surface area (Å²) in [5.74, 6) is -0.154. The SMILES string of the molecule is CC(C)c1c(C(=O)NC2CCCc3c2cnn3C)cnn1-c1ccc(C(F)(F)F)cn1. The molecule has 0 spiro atoms. The summed E-state index contributed by atoms with van der Waals surface area (Å²) in [4.78, 5) is 17.0. The van der Waals surface area contributed by atoms with E-state index < -0.39 is 11.7 Å². The van der Waals surface area contributed by atoms with Crippen LogP contribution in [0.2, 0.25) is 0 Å². The van der Waals surface area contributed by atoms with Crippen LogP contribution in [-0.2, 0) is 19.6 Å². The smallest absolute Gasteiger partial charge is 0.345 e. The van der Waals surface area contributed by atoms with Crippen molar-refractivity contribution in [1.82, 2.24) is 29.9 Å². The third-order valence-corrected chi connectivity index (χ3v) is 5.57. The molecule has 1 N–H and O–H groups in total. The van der Waals surface area contributed by atoms with Crippen LogP contribution in [0, 0.1) is 0 Å². The molecule has 0 aromatic carbocycles. The first-order valence-corrected chi connectivity index (χ1v) is 10.1. The molecule has 31 heavy (non-hydrogen) atoms. The minimum atomic E-state index is -4.47. The minimum Gasteiger partial charge on any atom is -0.345 e. The Labute approximate surface area is 177 Å². The number of aryl methyl sites for hydroxylation is 1. The standard InChI is InChI=1S/C21H23F3N6O/c1-12(2)19-15(11-27-30(19)18-8-7-13(9-25-18)21(22,23)24)20(31)28-16-5-4-6-17-14(16)10-26-29(17)3/h7-12,16H,4-6H2,1-3H3,(H,28,31). The Bertz CT molecular complexity index is 1100. The highest BCUT2D eigenvalue weighted by Gasteiger charge is 2.31. The molecular formula is C21H23F3N6O. The van der Waals surface area contributed by atoms with Crippen molar-refractivity contribution in [2.45, 2.75) is 51.2 Å². The van der Waals surface area contributed by atoms with Crippen LogP contribution in [0.15, 0.2) is 30.7 Å². The fourth-order valence-electron chi connectivity index (χ4n) is 4.04. The Morgan fingerprint density at radius 3 is 2.61 bits per heavy atom. The van der Waals surface area contributed by atoms with Gasteiger partial charge in [-0.15, -0.1) is 0 Å². The summed E-state index contributed by atoms with van der Waals surface area (Å²) in [7, 11) is 1.89. The van der Waals surface area contributed by atoms with Gasteiger partial charge in [-0.2, -0.15) is 23.4 Å². The van der Waals surface area contributed by atoms with E-state index in [1.807, 2.05) is 25.6 Å². The van der Waals surface area contributed by atoms with Gasteiger partial charge in [0.15, 0.2) is 5.82 Å². The van der Waals surface area contributed by atoms with Crippen LogP contribution in [0.4, 0.5) is 13.2 Å². The normalized spacial score (nSPS) is 16.4. The molecule has 0 radical (unpaired) electrons. The van der Waals surface area contributed by atoms with Crippen molar-refractivity contribution in [2.75, 3.05) is 0 Å². The van der Waals surface area contributed by atoms with E-state index in [9.17, 15) is 18.0 Å². The van der Waals surface area contributed by atoms with Gasteiger partial charge in [0.1, 0.15) is 0 Å². The lowest BCUT2D eigenvalue weighted by atomic mass is 9.92. The second-order valence-electron chi connectivity index (χ2n) is 8.00. The van der Waals surface area contributed by atoms with Gasteiger partial charge in [-0.3, -0.25) is 9.48 Å². The lowest BCUT2D eigenvalue weighted by Gasteiger charge is -2.24. The number of nitrogens with one attached hydrogen (secondary N) is 1. The number of carbonyl (C=O) groups is 1. The van der Waals surface area contributed by atoms with Crippen molar-refractivity contribution in [3.8, 4) is 5.82 Å². The number of halogens is 3. The maximum atomic E-state index is 13.1. The largest absolute Gasteiger partial charge is 0.417 e. The van der Waals surface area contributed by atoms with Gasteiger partial charge >= 0.3 is 6.18 Å². The van der Waals surface area contributed by atoms with Crippen LogP contribution in [0.5, 0.6) is 0 Å². The predicted molar refractivity (Wildman–Crippen MR) is 107 cm³/mol. The molecule has 164 valence electrons. The second-order valence-corrected chi connectivity index (χ2v) is 8.00. The molecule has 7 nitrogen and oxygen atoms in total. The predicted octanol–water partition coefficient (Wildman–Crippen LogP) is 3.95. The van der Waals surface area contributed by atoms with Gasteiger partial charge in [0.25, 0.3) is 5.91 Å². The molecule has 0 saturated carbocycles. The molecule has 10 heteroatoms. The number of carbonyl (C=O) groups excluding carboxylic acids is 1. The Morgan fingerprint density at radius 2 is 1.97 bits per heavy atom. The highest BCUT2D eigenvalue weighted by molar-refractivity contribution is 5.95. The first-order chi connectivity index (χ1) is 14.7. The zero-order valence-corrected chi connectivity index (χ0v) is 17.4. The average Bonchev–Trinajstić information content (AvgIpc) is 3.33. The van der Waals surface area contributed by atoms with E-state index in [0.29, 0.717) is 11.3 Å². The Balaban J connectivity index is 1.63. The van der Waals surface area contributed by atoms with Crippen molar-refractivity contribution in [1.29, 1.82) is 0 Å². The Kier molecular flexibility index (Phi) is 5.32. The number of pyridine rings is 1. The van der Waals surface area contributed by atoms with Gasteiger partial charge in [0.05, 0.1) is 35.3 Å². The quantitative estimate of drug-likeness (QED) is 0.677. The summed E-state index contributed by atoms with van der Waals surface area (Å²) in [5.41, 5.74) is 2.27. The third-order valence-electron chi connectivity index (χ3n) is 5.57. The zero-order chi connectivity index (χ0) is 22.3. The molecule has 0 aliphatic heterocycles. The second kappa shape index (κ2) is 7.82. The summed E-state index contributed by atoms with van der Waals surface area (Å²) in [6, 6.07) is 2.07. The third kappa shape index (κ3) is 3.94. The summed E-state index contributed by atoms with van der Waals surface area (Å²) in [6.45, 7) is 3.79. The molecule has 0 bridgehead atoms. The molecule has 3 heterocycles. The highest BCUT2D eigenvalue weighted by atomic mass is 19.4. The molecule has 4 rings (SSSR count). The fourth-order valence-corrected chi connectivity index (χ4v) is 4.04.